The van der Waals surface area contributed by atoms with E-state index in [9.17, 15) is 9.59 Å². The van der Waals surface area contributed by atoms with Gasteiger partial charge in [0, 0.05) is 36.3 Å². The van der Waals surface area contributed by atoms with Crippen molar-refractivity contribution in [3.05, 3.63) is 96.6 Å². The van der Waals surface area contributed by atoms with Crippen LogP contribution in [0.15, 0.2) is 80.4 Å². The first-order valence-corrected chi connectivity index (χ1v) is 13.0. The standard InChI is InChI=1S/C28H28Cl2N6O3/c1-13-18(29)7-6-17-22(13)14(2)24(33-20-9-15(11-31)5-8-21(20)39-4)23-25(17)36(28(38)34-26(23)32)16-10-19(30)27(37)35(3)12-16/h5-10,12-13,25,33H,11,31H2,1-4H3,(H2,32,34,38). The lowest BCUT2D eigenvalue weighted by Crippen LogP contribution is -2.59. The molecule has 2 aliphatic carbocycles. The van der Waals surface area contributed by atoms with Gasteiger partial charge in [-0.3, -0.25) is 20.4 Å². The van der Waals surface area contributed by atoms with Gasteiger partial charge in [0.15, 0.2) is 0 Å². The molecule has 2 atom stereocenters. The summed E-state index contributed by atoms with van der Waals surface area (Å²) >= 11 is 12.9. The van der Waals surface area contributed by atoms with E-state index in [1.165, 1.54) is 15.5 Å². The van der Waals surface area contributed by atoms with E-state index in [1.54, 1.807) is 20.4 Å². The number of pyridine rings is 1. The third-order valence-electron chi connectivity index (χ3n) is 7.34. The molecule has 1 fully saturated rings. The first-order chi connectivity index (χ1) is 18.6. The number of rotatable bonds is 5. The van der Waals surface area contributed by atoms with Gasteiger partial charge in [-0.2, -0.15) is 0 Å². The van der Waals surface area contributed by atoms with Crippen LogP contribution < -0.4 is 31.6 Å². The van der Waals surface area contributed by atoms with E-state index < -0.39 is 12.1 Å². The van der Waals surface area contributed by atoms with Crippen molar-refractivity contribution >= 4 is 46.4 Å². The van der Waals surface area contributed by atoms with Crippen LogP contribution in [0.5, 0.6) is 5.75 Å². The van der Waals surface area contributed by atoms with Gasteiger partial charge in [0.1, 0.15) is 16.6 Å². The number of fused-ring (bicyclic) bond motifs is 3. The normalized spacial score (nSPS) is 20.7. The fourth-order valence-electron chi connectivity index (χ4n) is 5.41. The highest BCUT2D eigenvalue weighted by Crippen LogP contribution is 2.47. The van der Waals surface area contributed by atoms with Crippen LogP contribution in [0.3, 0.4) is 0 Å². The van der Waals surface area contributed by atoms with Gasteiger partial charge in [0.25, 0.3) is 5.56 Å². The van der Waals surface area contributed by atoms with Crippen LogP contribution in [0.25, 0.3) is 0 Å². The summed E-state index contributed by atoms with van der Waals surface area (Å²) in [6.07, 6.45) is 5.27. The molecule has 0 bridgehead atoms. The number of allylic oxidation sites excluding steroid dienone is 4. The maximum absolute atomic E-state index is 13.5. The Kier molecular flexibility index (Phi) is 6.92. The zero-order valence-electron chi connectivity index (χ0n) is 21.9. The minimum absolute atomic E-state index is 0.0210. The number of nitrogens with one attached hydrogen (secondary N) is 3. The second-order valence-corrected chi connectivity index (χ2v) is 10.5. The molecular weight excluding hydrogens is 539 g/mol. The lowest BCUT2D eigenvalue weighted by atomic mass is 9.73. The average molecular weight is 567 g/mol. The second-order valence-electron chi connectivity index (χ2n) is 9.63. The smallest absolute Gasteiger partial charge is 0.328 e. The Labute approximate surface area is 235 Å². The van der Waals surface area contributed by atoms with E-state index in [1.807, 2.05) is 44.2 Å². The number of hydrogen-bond acceptors (Lipinski definition) is 6. The van der Waals surface area contributed by atoms with Gasteiger partial charge in [0.2, 0.25) is 0 Å². The van der Waals surface area contributed by atoms with Crippen LogP contribution in [0.4, 0.5) is 16.2 Å². The number of anilines is 2. The largest absolute Gasteiger partial charge is 0.495 e. The van der Waals surface area contributed by atoms with Crippen LogP contribution >= 0.6 is 23.2 Å². The molecule has 2 unspecified atom stereocenters. The molecule has 3 aliphatic rings. The number of aryl methyl sites for hydroxylation is 1. The maximum atomic E-state index is 13.5. The second kappa shape index (κ2) is 10.1. The maximum Gasteiger partial charge on any atom is 0.328 e. The van der Waals surface area contributed by atoms with Gasteiger partial charge in [0.05, 0.1) is 30.2 Å². The van der Waals surface area contributed by atoms with Gasteiger partial charge < -0.3 is 20.4 Å². The predicted molar refractivity (Wildman–Crippen MR) is 155 cm³/mol. The van der Waals surface area contributed by atoms with Gasteiger partial charge >= 0.3 is 6.03 Å². The monoisotopic (exact) mass is 566 g/mol. The van der Waals surface area contributed by atoms with E-state index in [2.05, 4.69) is 10.6 Å². The quantitative estimate of drug-likeness (QED) is 0.414. The number of halogens is 2. The lowest BCUT2D eigenvalue weighted by molar-refractivity contribution is 0.248. The van der Waals surface area contributed by atoms with Crippen molar-refractivity contribution in [2.75, 3.05) is 17.3 Å². The number of methoxy groups -OCH3 is 1. The molecule has 2 amide bonds. The SMILES string of the molecule is COc1ccc(CN)cc1NC1=C2C(=N)NC(=O)N(c3cc(Cl)c(=O)n(C)c3)C2C2=CC=C(Cl)C(C)C2=C1C. The topological polar surface area (TPSA) is 125 Å². The van der Waals surface area contributed by atoms with Crippen LogP contribution in [0, 0.1) is 11.3 Å². The van der Waals surface area contributed by atoms with Crippen molar-refractivity contribution in [3.8, 4) is 5.75 Å². The Morgan fingerprint density at radius 3 is 2.59 bits per heavy atom. The fourth-order valence-corrected chi connectivity index (χ4v) is 5.83. The summed E-state index contributed by atoms with van der Waals surface area (Å²) in [6, 6.07) is 5.88. The Bertz CT molecular complexity index is 1590. The Balaban J connectivity index is 1.79. The third kappa shape index (κ3) is 4.36. The van der Waals surface area contributed by atoms with Crippen LogP contribution in [-0.2, 0) is 13.6 Å². The molecule has 39 heavy (non-hydrogen) atoms. The summed E-state index contributed by atoms with van der Waals surface area (Å²) in [5.74, 6) is 0.395. The molecule has 2 aromatic rings. The molecule has 0 spiro atoms. The van der Waals surface area contributed by atoms with Crippen molar-refractivity contribution in [1.29, 1.82) is 5.41 Å². The molecule has 0 saturated carbocycles. The Morgan fingerprint density at radius 1 is 1.18 bits per heavy atom. The molecule has 202 valence electrons. The molecular formula is C28H28Cl2N6O3. The number of nitrogens with zero attached hydrogens (tertiary/aromatic N) is 2. The summed E-state index contributed by atoms with van der Waals surface area (Å²) in [6.45, 7) is 4.31. The number of hydrogen-bond donors (Lipinski definition) is 4. The number of carbonyl (C=O) groups is 1. The zero-order valence-corrected chi connectivity index (χ0v) is 23.4. The van der Waals surface area contributed by atoms with Crippen molar-refractivity contribution in [2.45, 2.75) is 26.4 Å². The number of amidine groups is 1. The molecule has 9 nitrogen and oxygen atoms in total. The fraction of sp³-hybridized carbons (Fsp3) is 0.250. The highest BCUT2D eigenvalue weighted by atomic mass is 35.5. The van der Waals surface area contributed by atoms with E-state index in [0.29, 0.717) is 40.0 Å². The van der Waals surface area contributed by atoms with E-state index >= 15 is 0 Å². The molecule has 1 saturated heterocycles. The van der Waals surface area contributed by atoms with Crippen molar-refractivity contribution in [2.24, 2.45) is 18.7 Å². The van der Waals surface area contributed by atoms with Crippen molar-refractivity contribution in [1.82, 2.24) is 9.88 Å². The first kappa shape index (κ1) is 26.8. The first-order valence-electron chi connectivity index (χ1n) is 12.3. The Hall–Kier alpha value is -3.79. The Morgan fingerprint density at radius 2 is 1.92 bits per heavy atom. The molecule has 1 aromatic heterocycles. The summed E-state index contributed by atoms with van der Waals surface area (Å²) in [7, 11) is 3.15. The number of benzene rings is 1. The summed E-state index contributed by atoms with van der Waals surface area (Å²) in [5, 5.41) is 15.7. The van der Waals surface area contributed by atoms with Crippen LogP contribution in [0.1, 0.15) is 19.4 Å². The molecule has 11 heteroatoms. The van der Waals surface area contributed by atoms with Crippen LogP contribution in [0.2, 0.25) is 5.02 Å². The minimum atomic E-state index is -0.701. The molecule has 5 rings (SSSR count). The summed E-state index contributed by atoms with van der Waals surface area (Å²) in [5.41, 5.74) is 11.3. The highest BCUT2D eigenvalue weighted by Gasteiger charge is 2.46. The third-order valence-corrected chi connectivity index (χ3v) is 8.06. The van der Waals surface area contributed by atoms with Gasteiger partial charge in [-0.05, 0) is 53.5 Å². The van der Waals surface area contributed by atoms with E-state index in [0.717, 1.165) is 22.3 Å². The minimum Gasteiger partial charge on any atom is -0.495 e. The van der Waals surface area contributed by atoms with Gasteiger partial charge in [-0.1, -0.05) is 42.3 Å². The lowest BCUT2D eigenvalue weighted by Gasteiger charge is -2.45. The van der Waals surface area contributed by atoms with Gasteiger partial charge in [-0.15, -0.1) is 0 Å². The molecule has 1 aliphatic heterocycles. The van der Waals surface area contributed by atoms with Crippen LogP contribution in [-0.4, -0.2) is 29.6 Å². The van der Waals surface area contributed by atoms with E-state index in [4.69, 9.17) is 39.1 Å². The van der Waals surface area contributed by atoms with Gasteiger partial charge in [-0.25, -0.2) is 4.79 Å². The van der Waals surface area contributed by atoms with Crippen molar-refractivity contribution in [3.63, 3.8) is 0 Å². The molecule has 0 radical (unpaired) electrons. The number of ether oxygens (including phenoxy) is 1. The number of aromatic nitrogens is 1. The van der Waals surface area contributed by atoms with Crippen molar-refractivity contribution < 1.29 is 9.53 Å². The summed E-state index contributed by atoms with van der Waals surface area (Å²) in [4.78, 5) is 27.4. The number of nitrogens with two attached hydrogens (primary N) is 1. The number of amides is 2. The molecule has 2 heterocycles. The summed E-state index contributed by atoms with van der Waals surface area (Å²) < 4.78 is 6.94. The zero-order chi connectivity index (χ0) is 28.2. The average Bonchev–Trinajstić information content (AvgIpc) is 2.90. The predicted octanol–water partition coefficient (Wildman–Crippen LogP) is 4.78. The highest BCUT2D eigenvalue weighted by molar-refractivity contribution is 6.31. The molecule has 5 N–H and O–H groups in total. The molecule has 1 aromatic carbocycles. The number of carbonyl (C=O) groups excluding carboxylic acids is 1. The number of urea groups is 1. The van der Waals surface area contributed by atoms with E-state index in [-0.39, 0.29) is 22.3 Å².